The predicted octanol–water partition coefficient (Wildman–Crippen LogP) is 2.59. The SMILES string of the molecule is COc1ccc(C(=O)N[C@@H](C)c2ccccn2)cc1OC. The van der Waals surface area contributed by atoms with E-state index in [1.54, 1.807) is 31.5 Å². The molecule has 0 bridgehead atoms. The van der Waals surface area contributed by atoms with E-state index in [9.17, 15) is 4.79 Å². The van der Waals surface area contributed by atoms with Gasteiger partial charge in [-0.1, -0.05) is 6.07 Å². The summed E-state index contributed by atoms with van der Waals surface area (Å²) in [5.41, 5.74) is 1.32. The second-order valence-electron chi connectivity index (χ2n) is 4.52. The van der Waals surface area contributed by atoms with Crippen LogP contribution in [0.3, 0.4) is 0 Å². The molecule has 5 nitrogen and oxygen atoms in total. The van der Waals surface area contributed by atoms with Gasteiger partial charge < -0.3 is 14.8 Å². The predicted molar refractivity (Wildman–Crippen MR) is 79.7 cm³/mol. The molecule has 1 aromatic carbocycles. The molecule has 1 N–H and O–H groups in total. The van der Waals surface area contributed by atoms with Crippen LogP contribution in [-0.4, -0.2) is 25.1 Å². The molecule has 1 atom stereocenters. The van der Waals surface area contributed by atoms with Gasteiger partial charge in [0.25, 0.3) is 5.91 Å². The van der Waals surface area contributed by atoms with Crippen molar-refractivity contribution in [2.24, 2.45) is 0 Å². The number of hydrogen-bond donors (Lipinski definition) is 1. The molecule has 0 unspecified atom stereocenters. The first-order valence-electron chi connectivity index (χ1n) is 6.59. The van der Waals surface area contributed by atoms with E-state index in [2.05, 4.69) is 10.3 Å². The highest BCUT2D eigenvalue weighted by molar-refractivity contribution is 5.95. The molecule has 0 aliphatic rings. The Bertz CT molecular complexity index is 614. The van der Waals surface area contributed by atoms with Crippen LogP contribution in [0.5, 0.6) is 11.5 Å². The quantitative estimate of drug-likeness (QED) is 0.917. The maximum Gasteiger partial charge on any atom is 0.251 e. The van der Waals surface area contributed by atoms with Gasteiger partial charge in [0.1, 0.15) is 0 Å². The fourth-order valence-electron chi connectivity index (χ4n) is 1.96. The zero-order chi connectivity index (χ0) is 15.2. The van der Waals surface area contributed by atoms with Gasteiger partial charge >= 0.3 is 0 Å². The van der Waals surface area contributed by atoms with Crippen LogP contribution < -0.4 is 14.8 Å². The number of rotatable bonds is 5. The van der Waals surface area contributed by atoms with Crippen LogP contribution in [0.1, 0.15) is 29.0 Å². The van der Waals surface area contributed by atoms with Crippen molar-refractivity contribution in [3.8, 4) is 11.5 Å². The van der Waals surface area contributed by atoms with Crippen molar-refractivity contribution in [3.63, 3.8) is 0 Å². The summed E-state index contributed by atoms with van der Waals surface area (Å²) in [7, 11) is 3.09. The van der Waals surface area contributed by atoms with E-state index < -0.39 is 0 Å². The Labute approximate surface area is 123 Å². The lowest BCUT2D eigenvalue weighted by Crippen LogP contribution is -2.27. The summed E-state index contributed by atoms with van der Waals surface area (Å²) in [5, 5.41) is 2.90. The summed E-state index contributed by atoms with van der Waals surface area (Å²) in [6.07, 6.45) is 1.70. The Morgan fingerprint density at radius 1 is 1.14 bits per heavy atom. The van der Waals surface area contributed by atoms with Gasteiger partial charge in [0, 0.05) is 11.8 Å². The minimum absolute atomic E-state index is 0.174. The highest BCUT2D eigenvalue weighted by Gasteiger charge is 2.14. The third-order valence-corrected chi connectivity index (χ3v) is 3.12. The summed E-state index contributed by atoms with van der Waals surface area (Å²) < 4.78 is 10.4. The minimum atomic E-state index is -0.186. The lowest BCUT2D eigenvalue weighted by molar-refractivity contribution is 0.0938. The fourth-order valence-corrected chi connectivity index (χ4v) is 1.96. The number of carbonyl (C=O) groups excluding carboxylic acids is 1. The molecule has 2 rings (SSSR count). The average molecular weight is 286 g/mol. The van der Waals surface area contributed by atoms with Gasteiger partial charge in [-0.3, -0.25) is 9.78 Å². The zero-order valence-corrected chi connectivity index (χ0v) is 12.3. The first kappa shape index (κ1) is 14.8. The summed E-state index contributed by atoms with van der Waals surface area (Å²) >= 11 is 0. The summed E-state index contributed by atoms with van der Waals surface area (Å²) in [4.78, 5) is 16.5. The van der Waals surface area contributed by atoms with E-state index in [4.69, 9.17) is 9.47 Å². The van der Waals surface area contributed by atoms with Gasteiger partial charge in [-0.15, -0.1) is 0 Å². The molecular formula is C16H18N2O3. The highest BCUT2D eigenvalue weighted by atomic mass is 16.5. The van der Waals surface area contributed by atoms with Crippen LogP contribution in [0.4, 0.5) is 0 Å². The van der Waals surface area contributed by atoms with E-state index in [-0.39, 0.29) is 11.9 Å². The Morgan fingerprint density at radius 2 is 1.90 bits per heavy atom. The van der Waals surface area contributed by atoms with Gasteiger partial charge in [-0.2, -0.15) is 0 Å². The Morgan fingerprint density at radius 3 is 2.52 bits per heavy atom. The number of nitrogens with zero attached hydrogens (tertiary/aromatic N) is 1. The second-order valence-corrected chi connectivity index (χ2v) is 4.52. The van der Waals surface area contributed by atoms with Crippen molar-refractivity contribution < 1.29 is 14.3 Å². The Balaban J connectivity index is 2.13. The molecule has 2 aromatic rings. The van der Waals surface area contributed by atoms with E-state index in [0.29, 0.717) is 17.1 Å². The molecule has 0 fully saturated rings. The van der Waals surface area contributed by atoms with Crippen molar-refractivity contribution in [1.29, 1.82) is 0 Å². The number of ether oxygens (including phenoxy) is 2. The fraction of sp³-hybridized carbons (Fsp3) is 0.250. The topological polar surface area (TPSA) is 60.5 Å². The number of carbonyl (C=O) groups is 1. The number of benzene rings is 1. The normalized spacial score (nSPS) is 11.6. The molecule has 110 valence electrons. The van der Waals surface area contributed by atoms with Crippen molar-refractivity contribution in [1.82, 2.24) is 10.3 Å². The van der Waals surface area contributed by atoms with E-state index in [1.165, 1.54) is 7.11 Å². The van der Waals surface area contributed by atoms with E-state index in [0.717, 1.165) is 5.69 Å². The lowest BCUT2D eigenvalue weighted by atomic mass is 10.1. The van der Waals surface area contributed by atoms with E-state index >= 15 is 0 Å². The number of hydrogen-bond acceptors (Lipinski definition) is 4. The average Bonchev–Trinajstić information content (AvgIpc) is 2.54. The lowest BCUT2D eigenvalue weighted by Gasteiger charge is -2.14. The maximum absolute atomic E-state index is 12.3. The van der Waals surface area contributed by atoms with Gasteiger partial charge in [-0.25, -0.2) is 0 Å². The van der Waals surface area contributed by atoms with Crippen molar-refractivity contribution in [2.45, 2.75) is 13.0 Å². The number of pyridine rings is 1. The first-order chi connectivity index (χ1) is 10.2. The first-order valence-corrected chi connectivity index (χ1v) is 6.59. The number of aromatic nitrogens is 1. The van der Waals surface area contributed by atoms with Crippen LogP contribution in [0.2, 0.25) is 0 Å². The molecule has 5 heteroatoms. The third-order valence-electron chi connectivity index (χ3n) is 3.12. The number of nitrogens with one attached hydrogen (secondary N) is 1. The molecule has 0 saturated carbocycles. The molecule has 0 radical (unpaired) electrons. The van der Waals surface area contributed by atoms with E-state index in [1.807, 2.05) is 25.1 Å². The summed E-state index contributed by atoms with van der Waals surface area (Å²) in [6, 6.07) is 10.5. The second kappa shape index (κ2) is 6.74. The monoisotopic (exact) mass is 286 g/mol. The molecular weight excluding hydrogens is 268 g/mol. The molecule has 0 aliphatic carbocycles. The largest absolute Gasteiger partial charge is 0.493 e. The molecule has 0 aliphatic heterocycles. The van der Waals surface area contributed by atoms with Crippen LogP contribution in [0.15, 0.2) is 42.6 Å². The molecule has 0 saturated heterocycles. The third kappa shape index (κ3) is 3.51. The van der Waals surface area contributed by atoms with Crippen molar-refractivity contribution in [2.75, 3.05) is 14.2 Å². The molecule has 21 heavy (non-hydrogen) atoms. The van der Waals surface area contributed by atoms with Gasteiger partial charge in [0.05, 0.1) is 26.0 Å². The molecule has 1 amide bonds. The molecule has 0 spiro atoms. The zero-order valence-electron chi connectivity index (χ0n) is 12.3. The smallest absolute Gasteiger partial charge is 0.251 e. The van der Waals surface area contributed by atoms with Crippen LogP contribution >= 0.6 is 0 Å². The van der Waals surface area contributed by atoms with Crippen molar-refractivity contribution in [3.05, 3.63) is 53.9 Å². The van der Waals surface area contributed by atoms with Crippen LogP contribution in [0, 0.1) is 0 Å². The summed E-state index contributed by atoms with van der Waals surface area (Å²) in [6.45, 7) is 1.89. The highest BCUT2D eigenvalue weighted by Crippen LogP contribution is 2.27. The van der Waals surface area contributed by atoms with Gasteiger partial charge in [0.15, 0.2) is 11.5 Å². The van der Waals surface area contributed by atoms with Gasteiger partial charge in [-0.05, 0) is 37.3 Å². The van der Waals surface area contributed by atoms with Gasteiger partial charge in [0.2, 0.25) is 0 Å². The summed E-state index contributed by atoms with van der Waals surface area (Å²) in [5.74, 6) is 0.927. The molecule has 1 heterocycles. The maximum atomic E-state index is 12.3. The minimum Gasteiger partial charge on any atom is -0.493 e. The number of amides is 1. The molecule has 1 aromatic heterocycles. The standard InChI is InChI=1S/C16H18N2O3/c1-11(13-6-4-5-9-17-13)18-16(19)12-7-8-14(20-2)15(10-12)21-3/h4-11H,1-3H3,(H,18,19)/t11-/m0/s1. The van der Waals surface area contributed by atoms with Crippen LogP contribution in [-0.2, 0) is 0 Å². The van der Waals surface area contributed by atoms with Crippen molar-refractivity contribution >= 4 is 5.91 Å². The number of methoxy groups -OCH3 is 2. The Hall–Kier alpha value is -2.56. The van der Waals surface area contributed by atoms with Crippen LogP contribution in [0.25, 0.3) is 0 Å². The Kier molecular flexibility index (Phi) is 4.77.